The van der Waals surface area contributed by atoms with E-state index in [1.807, 2.05) is 24.3 Å². The first-order valence-electron chi connectivity index (χ1n) is 5.08. The van der Waals surface area contributed by atoms with Gasteiger partial charge >= 0.3 is 0 Å². The van der Waals surface area contributed by atoms with Crippen LogP contribution in [0.2, 0.25) is 0 Å². The Balaban J connectivity index is 1.76. The molecule has 0 fully saturated rings. The Morgan fingerprint density at radius 2 is 2.06 bits per heavy atom. The van der Waals surface area contributed by atoms with Crippen molar-refractivity contribution in [3.63, 3.8) is 0 Å². The lowest BCUT2D eigenvalue weighted by molar-refractivity contribution is 0.477. The second kappa shape index (κ2) is 4.21. The molecule has 0 aliphatic heterocycles. The molecule has 0 atom stereocenters. The standard InChI is InChI=1S/C11H9N3O2S/c1-7-13-14-10(15-7)6-17-11-12-8-4-2-3-5-9(8)16-11/h2-5H,6H2,1H3. The Labute approximate surface area is 101 Å². The fourth-order valence-electron chi connectivity index (χ4n) is 1.43. The van der Waals surface area contributed by atoms with E-state index in [0.717, 1.165) is 11.1 Å². The van der Waals surface area contributed by atoms with Crippen molar-refractivity contribution < 1.29 is 8.83 Å². The van der Waals surface area contributed by atoms with Crippen LogP contribution in [0.15, 0.2) is 38.3 Å². The molecule has 1 aromatic carbocycles. The summed E-state index contributed by atoms with van der Waals surface area (Å²) in [6.07, 6.45) is 0. The van der Waals surface area contributed by atoms with E-state index in [1.54, 1.807) is 6.92 Å². The summed E-state index contributed by atoms with van der Waals surface area (Å²) >= 11 is 1.44. The van der Waals surface area contributed by atoms with Crippen LogP contribution in [-0.4, -0.2) is 15.2 Å². The molecule has 0 aliphatic carbocycles. The zero-order valence-electron chi connectivity index (χ0n) is 9.08. The summed E-state index contributed by atoms with van der Waals surface area (Å²) < 4.78 is 10.8. The summed E-state index contributed by atoms with van der Waals surface area (Å²) in [5.41, 5.74) is 1.65. The third-order valence-corrected chi connectivity index (χ3v) is 2.97. The van der Waals surface area contributed by atoms with Crippen LogP contribution in [0, 0.1) is 6.92 Å². The number of nitrogens with zero attached hydrogens (tertiary/aromatic N) is 3. The van der Waals surface area contributed by atoms with Crippen LogP contribution in [0.1, 0.15) is 11.8 Å². The summed E-state index contributed by atoms with van der Waals surface area (Å²) in [7, 11) is 0. The highest BCUT2D eigenvalue weighted by molar-refractivity contribution is 7.98. The third-order valence-electron chi connectivity index (χ3n) is 2.16. The van der Waals surface area contributed by atoms with Crippen LogP contribution in [0.25, 0.3) is 11.1 Å². The number of aromatic nitrogens is 3. The number of oxazole rings is 1. The quantitative estimate of drug-likeness (QED) is 0.663. The van der Waals surface area contributed by atoms with Crippen molar-refractivity contribution in [2.75, 3.05) is 0 Å². The Hall–Kier alpha value is -1.82. The molecule has 17 heavy (non-hydrogen) atoms. The fourth-order valence-corrected chi connectivity index (χ4v) is 2.11. The molecule has 3 rings (SSSR count). The average molecular weight is 247 g/mol. The van der Waals surface area contributed by atoms with E-state index in [4.69, 9.17) is 8.83 Å². The first kappa shape index (κ1) is 10.3. The van der Waals surface area contributed by atoms with Gasteiger partial charge in [0, 0.05) is 6.92 Å². The molecule has 0 amide bonds. The van der Waals surface area contributed by atoms with E-state index in [2.05, 4.69) is 15.2 Å². The van der Waals surface area contributed by atoms with E-state index in [-0.39, 0.29) is 0 Å². The van der Waals surface area contributed by atoms with Gasteiger partial charge in [-0.05, 0) is 12.1 Å². The van der Waals surface area contributed by atoms with Gasteiger partial charge in [-0.15, -0.1) is 10.2 Å². The van der Waals surface area contributed by atoms with Crippen LogP contribution < -0.4 is 0 Å². The van der Waals surface area contributed by atoms with Gasteiger partial charge < -0.3 is 8.83 Å². The minimum Gasteiger partial charge on any atom is -0.431 e. The Morgan fingerprint density at radius 3 is 2.82 bits per heavy atom. The van der Waals surface area contributed by atoms with Crippen LogP contribution in [0.3, 0.4) is 0 Å². The van der Waals surface area contributed by atoms with E-state index in [1.165, 1.54) is 11.8 Å². The van der Waals surface area contributed by atoms with Crippen LogP contribution in [-0.2, 0) is 5.75 Å². The van der Waals surface area contributed by atoms with Crippen molar-refractivity contribution >= 4 is 22.9 Å². The molecule has 0 radical (unpaired) electrons. The molecule has 0 spiro atoms. The molecule has 6 heteroatoms. The van der Waals surface area contributed by atoms with E-state index < -0.39 is 0 Å². The SMILES string of the molecule is Cc1nnc(CSc2nc3ccccc3o2)o1. The summed E-state index contributed by atoms with van der Waals surface area (Å²) in [5, 5.41) is 8.28. The van der Waals surface area contributed by atoms with Crippen LogP contribution in [0.5, 0.6) is 0 Å². The van der Waals surface area contributed by atoms with Gasteiger partial charge in [-0.1, -0.05) is 23.9 Å². The second-order valence-electron chi connectivity index (χ2n) is 3.45. The molecule has 5 nitrogen and oxygen atoms in total. The number of rotatable bonds is 3. The largest absolute Gasteiger partial charge is 0.431 e. The highest BCUT2D eigenvalue weighted by Crippen LogP contribution is 2.25. The molecule has 0 aliphatic rings. The van der Waals surface area contributed by atoms with Gasteiger partial charge in [-0.3, -0.25) is 0 Å². The lowest BCUT2D eigenvalue weighted by Crippen LogP contribution is -1.80. The maximum Gasteiger partial charge on any atom is 0.257 e. The number of hydrogen-bond acceptors (Lipinski definition) is 6. The summed E-state index contributed by atoms with van der Waals surface area (Å²) in [4.78, 5) is 4.34. The van der Waals surface area contributed by atoms with Crippen molar-refractivity contribution in [2.45, 2.75) is 17.9 Å². The summed E-state index contributed by atoms with van der Waals surface area (Å²) in [6, 6.07) is 7.66. The zero-order valence-corrected chi connectivity index (χ0v) is 9.90. The molecule has 3 aromatic rings. The number of thioether (sulfide) groups is 1. The summed E-state index contributed by atoms with van der Waals surface area (Å²) in [5.74, 6) is 1.71. The number of hydrogen-bond donors (Lipinski definition) is 0. The monoisotopic (exact) mass is 247 g/mol. The Morgan fingerprint density at radius 1 is 1.18 bits per heavy atom. The smallest absolute Gasteiger partial charge is 0.257 e. The van der Waals surface area contributed by atoms with Crippen molar-refractivity contribution in [3.05, 3.63) is 36.0 Å². The lowest BCUT2D eigenvalue weighted by Gasteiger charge is -1.89. The van der Waals surface area contributed by atoms with Gasteiger partial charge in [-0.2, -0.15) is 0 Å². The number of benzene rings is 1. The molecule has 0 saturated carbocycles. The highest BCUT2D eigenvalue weighted by atomic mass is 32.2. The Bertz CT molecular complexity index is 614. The maximum absolute atomic E-state index is 5.56. The van der Waals surface area contributed by atoms with Crippen molar-refractivity contribution in [3.8, 4) is 0 Å². The predicted molar refractivity (Wildman–Crippen MR) is 62.6 cm³/mol. The van der Waals surface area contributed by atoms with Gasteiger partial charge in [0.2, 0.25) is 11.8 Å². The topological polar surface area (TPSA) is 65.0 Å². The number of para-hydroxylation sites is 2. The fraction of sp³-hybridized carbons (Fsp3) is 0.182. The van der Waals surface area contributed by atoms with Gasteiger partial charge in [0.25, 0.3) is 5.22 Å². The van der Waals surface area contributed by atoms with Gasteiger partial charge in [-0.25, -0.2) is 4.98 Å². The van der Waals surface area contributed by atoms with E-state index in [9.17, 15) is 0 Å². The van der Waals surface area contributed by atoms with Crippen LogP contribution >= 0.6 is 11.8 Å². The summed E-state index contributed by atoms with van der Waals surface area (Å²) in [6.45, 7) is 1.76. The average Bonchev–Trinajstić information content (AvgIpc) is 2.91. The second-order valence-corrected chi connectivity index (χ2v) is 4.38. The molecular weight excluding hydrogens is 238 g/mol. The third kappa shape index (κ3) is 2.16. The van der Waals surface area contributed by atoms with Crippen molar-refractivity contribution in [1.29, 1.82) is 0 Å². The minimum atomic E-state index is 0.563. The Kier molecular flexibility index (Phi) is 2.56. The van der Waals surface area contributed by atoms with Gasteiger partial charge in [0.15, 0.2) is 5.58 Å². The van der Waals surface area contributed by atoms with Gasteiger partial charge in [0.05, 0.1) is 5.75 Å². The molecule has 2 aromatic heterocycles. The number of aryl methyl sites for hydroxylation is 1. The lowest BCUT2D eigenvalue weighted by atomic mass is 10.3. The molecule has 86 valence electrons. The first-order chi connectivity index (χ1) is 8.31. The molecular formula is C11H9N3O2S. The van der Waals surface area contributed by atoms with Crippen LogP contribution in [0.4, 0.5) is 0 Å². The van der Waals surface area contributed by atoms with Gasteiger partial charge in [0.1, 0.15) is 5.52 Å². The minimum absolute atomic E-state index is 0.563. The highest BCUT2D eigenvalue weighted by Gasteiger charge is 2.08. The van der Waals surface area contributed by atoms with Crippen molar-refractivity contribution in [2.24, 2.45) is 0 Å². The first-order valence-corrected chi connectivity index (χ1v) is 6.07. The van der Waals surface area contributed by atoms with E-state index >= 15 is 0 Å². The molecule has 0 bridgehead atoms. The zero-order chi connectivity index (χ0) is 11.7. The molecule has 0 N–H and O–H groups in total. The van der Waals surface area contributed by atoms with Crippen molar-refractivity contribution in [1.82, 2.24) is 15.2 Å². The maximum atomic E-state index is 5.56. The molecule has 0 unspecified atom stereocenters. The van der Waals surface area contributed by atoms with E-state index in [0.29, 0.717) is 22.8 Å². The predicted octanol–water partition coefficient (Wildman–Crippen LogP) is 2.81. The molecule has 0 saturated heterocycles. The molecule has 2 heterocycles. The number of fused-ring (bicyclic) bond motifs is 1. The normalized spacial score (nSPS) is 11.1.